The van der Waals surface area contributed by atoms with Crippen LogP contribution in [0, 0.1) is 6.92 Å². The highest BCUT2D eigenvalue weighted by Crippen LogP contribution is 1.93. The van der Waals surface area contributed by atoms with Crippen molar-refractivity contribution >= 4 is 5.91 Å². The summed E-state index contributed by atoms with van der Waals surface area (Å²) >= 11 is 0. The van der Waals surface area contributed by atoms with Crippen LogP contribution in [0.2, 0.25) is 0 Å². The first-order valence-corrected chi connectivity index (χ1v) is 5.21. The quantitative estimate of drug-likeness (QED) is 0.713. The van der Waals surface area contributed by atoms with Crippen LogP contribution in [-0.4, -0.2) is 30.6 Å². The number of H-pyrrole nitrogens is 1. The second kappa shape index (κ2) is 6.07. The molecular weight excluding hydrogens is 208 g/mol. The molecule has 2 N–H and O–H groups in total. The third kappa shape index (κ3) is 3.51. The first-order chi connectivity index (χ1) is 7.65. The summed E-state index contributed by atoms with van der Waals surface area (Å²) in [5.74, 6) is -0.374. The van der Waals surface area contributed by atoms with Crippen molar-refractivity contribution in [3.63, 3.8) is 0 Å². The number of hydrogen-bond donors (Lipinski definition) is 2. The fraction of sp³-hybridized carbons (Fsp3) is 0.455. The first-order valence-electron chi connectivity index (χ1n) is 5.21. The number of aryl methyl sites for hydroxylation is 1. The zero-order valence-electron chi connectivity index (χ0n) is 9.50. The summed E-state index contributed by atoms with van der Waals surface area (Å²) < 4.78 is 5.07. The number of nitrogens with one attached hydrogen (secondary N) is 2. The number of pyridine rings is 1. The van der Waals surface area contributed by atoms with E-state index < -0.39 is 0 Å². The average molecular weight is 224 g/mol. The molecule has 0 atom stereocenters. The Hall–Kier alpha value is -1.62. The van der Waals surface area contributed by atoms with E-state index >= 15 is 0 Å². The molecule has 0 radical (unpaired) electrons. The van der Waals surface area contributed by atoms with Crippen molar-refractivity contribution < 1.29 is 9.53 Å². The molecule has 16 heavy (non-hydrogen) atoms. The maximum absolute atomic E-state index is 11.6. The number of aromatic nitrogens is 1. The molecule has 0 aliphatic carbocycles. The Kier molecular flexibility index (Phi) is 4.72. The van der Waals surface area contributed by atoms with E-state index in [9.17, 15) is 9.59 Å². The summed E-state index contributed by atoms with van der Waals surface area (Å²) in [7, 11) is 0. The van der Waals surface area contributed by atoms with Crippen LogP contribution in [0.15, 0.2) is 16.9 Å². The third-order valence-corrected chi connectivity index (χ3v) is 2.04. The summed E-state index contributed by atoms with van der Waals surface area (Å²) in [5.41, 5.74) is 0.492. The molecule has 0 bridgehead atoms. The molecule has 5 heteroatoms. The largest absolute Gasteiger partial charge is 0.380 e. The van der Waals surface area contributed by atoms with E-state index in [2.05, 4.69) is 10.3 Å². The molecule has 0 aliphatic rings. The second-order valence-corrected chi connectivity index (χ2v) is 3.34. The smallest absolute Gasteiger partial charge is 0.260 e. The number of rotatable bonds is 5. The van der Waals surface area contributed by atoms with Crippen LogP contribution in [-0.2, 0) is 4.74 Å². The fourth-order valence-electron chi connectivity index (χ4n) is 1.23. The van der Waals surface area contributed by atoms with Crippen molar-refractivity contribution in [1.29, 1.82) is 0 Å². The van der Waals surface area contributed by atoms with Crippen molar-refractivity contribution in [1.82, 2.24) is 10.3 Å². The lowest BCUT2D eigenvalue weighted by Crippen LogP contribution is -2.32. The summed E-state index contributed by atoms with van der Waals surface area (Å²) in [6, 6.07) is 3.21. The van der Waals surface area contributed by atoms with Crippen LogP contribution < -0.4 is 10.9 Å². The molecule has 1 amide bonds. The predicted octanol–water partition coefficient (Wildman–Crippen LogP) is 0.450. The molecule has 0 aliphatic heterocycles. The van der Waals surface area contributed by atoms with Crippen molar-refractivity contribution in [2.24, 2.45) is 0 Å². The van der Waals surface area contributed by atoms with E-state index in [0.717, 1.165) is 5.69 Å². The Balaban J connectivity index is 2.56. The maximum atomic E-state index is 11.6. The molecule has 88 valence electrons. The van der Waals surface area contributed by atoms with Crippen molar-refractivity contribution in [2.45, 2.75) is 13.8 Å². The topological polar surface area (TPSA) is 71.2 Å². The van der Waals surface area contributed by atoms with E-state index in [1.807, 2.05) is 6.92 Å². The van der Waals surface area contributed by atoms with Gasteiger partial charge >= 0.3 is 0 Å². The van der Waals surface area contributed by atoms with Gasteiger partial charge in [0.05, 0.1) is 6.61 Å². The lowest BCUT2D eigenvalue weighted by Gasteiger charge is -2.04. The van der Waals surface area contributed by atoms with E-state index in [0.29, 0.717) is 19.8 Å². The molecule has 0 saturated carbocycles. The van der Waals surface area contributed by atoms with Gasteiger partial charge in [0.15, 0.2) is 0 Å². The van der Waals surface area contributed by atoms with Gasteiger partial charge in [0, 0.05) is 18.8 Å². The van der Waals surface area contributed by atoms with Gasteiger partial charge in [-0.15, -0.1) is 0 Å². The number of carbonyl (C=O) groups is 1. The number of amides is 1. The molecular formula is C11H16N2O3. The van der Waals surface area contributed by atoms with E-state index in [1.165, 1.54) is 6.07 Å². The number of carbonyl (C=O) groups excluding carboxylic acids is 1. The second-order valence-electron chi connectivity index (χ2n) is 3.34. The van der Waals surface area contributed by atoms with Crippen LogP contribution in [0.1, 0.15) is 23.0 Å². The van der Waals surface area contributed by atoms with Gasteiger partial charge in [-0.05, 0) is 26.0 Å². The van der Waals surface area contributed by atoms with Crippen LogP contribution >= 0.6 is 0 Å². The summed E-state index contributed by atoms with van der Waals surface area (Å²) in [4.78, 5) is 25.5. The van der Waals surface area contributed by atoms with Crippen LogP contribution in [0.4, 0.5) is 0 Å². The Morgan fingerprint density at radius 2 is 2.25 bits per heavy atom. The lowest BCUT2D eigenvalue weighted by molar-refractivity contribution is 0.0921. The molecule has 0 saturated heterocycles. The van der Waals surface area contributed by atoms with E-state index in [4.69, 9.17) is 4.74 Å². The van der Waals surface area contributed by atoms with Gasteiger partial charge in [-0.3, -0.25) is 9.59 Å². The molecule has 5 nitrogen and oxygen atoms in total. The number of aromatic amines is 1. The Labute approximate surface area is 93.8 Å². The van der Waals surface area contributed by atoms with Crippen molar-refractivity contribution in [2.75, 3.05) is 19.8 Å². The molecule has 1 aromatic heterocycles. The molecule has 0 spiro atoms. The summed E-state index contributed by atoms with van der Waals surface area (Å²) in [5, 5.41) is 2.61. The standard InChI is InChI=1S/C11H16N2O3/c1-3-16-7-6-12-10(14)9-5-4-8(2)13-11(9)15/h4-5H,3,6-7H2,1-2H3,(H,12,14)(H,13,15). The highest BCUT2D eigenvalue weighted by molar-refractivity contribution is 5.93. The Morgan fingerprint density at radius 3 is 2.88 bits per heavy atom. The van der Waals surface area contributed by atoms with Gasteiger partial charge in [0.1, 0.15) is 5.56 Å². The predicted molar refractivity (Wildman–Crippen MR) is 60.6 cm³/mol. The monoisotopic (exact) mass is 224 g/mol. The van der Waals surface area contributed by atoms with Gasteiger partial charge in [0.25, 0.3) is 11.5 Å². The molecule has 0 aromatic carbocycles. The number of ether oxygens (including phenoxy) is 1. The minimum Gasteiger partial charge on any atom is -0.380 e. The molecule has 1 heterocycles. The van der Waals surface area contributed by atoms with Crippen molar-refractivity contribution in [3.05, 3.63) is 33.7 Å². The first kappa shape index (κ1) is 12.4. The zero-order chi connectivity index (χ0) is 12.0. The third-order valence-electron chi connectivity index (χ3n) is 2.04. The zero-order valence-corrected chi connectivity index (χ0v) is 9.50. The maximum Gasteiger partial charge on any atom is 0.260 e. The molecule has 1 rings (SSSR count). The SMILES string of the molecule is CCOCCNC(=O)c1ccc(C)[nH]c1=O. The molecule has 1 aromatic rings. The summed E-state index contributed by atoms with van der Waals surface area (Å²) in [6.07, 6.45) is 0. The number of hydrogen-bond acceptors (Lipinski definition) is 3. The minimum absolute atomic E-state index is 0.127. The Bertz CT molecular complexity index is 412. The normalized spacial score (nSPS) is 10.1. The highest BCUT2D eigenvalue weighted by Gasteiger charge is 2.08. The highest BCUT2D eigenvalue weighted by atomic mass is 16.5. The van der Waals surface area contributed by atoms with Gasteiger partial charge < -0.3 is 15.0 Å². The van der Waals surface area contributed by atoms with Gasteiger partial charge in [0.2, 0.25) is 0 Å². The molecule has 0 fully saturated rings. The molecule has 0 unspecified atom stereocenters. The van der Waals surface area contributed by atoms with E-state index in [1.54, 1.807) is 13.0 Å². The van der Waals surface area contributed by atoms with Gasteiger partial charge in [-0.2, -0.15) is 0 Å². The van der Waals surface area contributed by atoms with Crippen LogP contribution in [0.25, 0.3) is 0 Å². The lowest BCUT2D eigenvalue weighted by atomic mass is 10.2. The van der Waals surface area contributed by atoms with Crippen LogP contribution in [0.5, 0.6) is 0 Å². The average Bonchev–Trinajstić information content (AvgIpc) is 2.24. The van der Waals surface area contributed by atoms with Crippen LogP contribution in [0.3, 0.4) is 0 Å². The Morgan fingerprint density at radius 1 is 1.50 bits per heavy atom. The van der Waals surface area contributed by atoms with Crippen molar-refractivity contribution in [3.8, 4) is 0 Å². The van der Waals surface area contributed by atoms with E-state index in [-0.39, 0.29) is 17.0 Å². The van der Waals surface area contributed by atoms with Gasteiger partial charge in [-0.25, -0.2) is 0 Å². The summed E-state index contributed by atoms with van der Waals surface area (Å²) in [6.45, 7) is 5.11. The fourth-order valence-corrected chi connectivity index (χ4v) is 1.23. The van der Waals surface area contributed by atoms with Gasteiger partial charge in [-0.1, -0.05) is 0 Å². The minimum atomic E-state index is -0.374.